The minimum Gasteiger partial charge on any atom is -0.298 e. The van der Waals surface area contributed by atoms with Crippen LogP contribution in [0.1, 0.15) is 45.4 Å². The summed E-state index contributed by atoms with van der Waals surface area (Å²) < 4.78 is 0. The highest BCUT2D eigenvalue weighted by molar-refractivity contribution is 7.99. The fourth-order valence-corrected chi connectivity index (χ4v) is 5.17. The van der Waals surface area contributed by atoms with Crippen LogP contribution in [0.2, 0.25) is 0 Å². The summed E-state index contributed by atoms with van der Waals surface area (Å²) in [6, 6.07) is 2.55. The van der Waals surface area contributed by atoms with Crippen LogP contribution in [0, 0.1) is 0 Å². The number of hydrogen-bond acceptors (Lipinski definition) is 3. The van der Waals surface area contributed by atoms with Crippen LogP contribution in [0.15, 0.2) is 0 Å². The fraction of sp³-hybridized carbons (Fsp3) is 1.00. The monoisotopic (exact) mass is 268 g/mol. The van der Waals surface area contributed by atoms with E-state index in [0.717, 1.165) is 23.4 Å². The lowest BCUT2D eigenvalue weighted by Crippen LogP contribution is -2.58. The molecule has 0 N–H and O–H groups in total. The Morgan fingerprint density at radius 1 is 1.00 bits per heavy atom. The summed E-state index contributed by atoms with van der Waals surface area (Å²) in [5.41, 5.74) is 0. The zero-order valence-corrected chi connectivity index (χ0v) is 12.8. The highest BCUT2D eigenvalue weighted by Gasteiger charge is 2.38. The van der Waals surface area contributed by atoms with Gasteiger partial charge in [-0.2, -0.15) is 11.8 Å². The molecule has 2 aliphatic heterocycles. The summed E-state index contributed by atoms with van der Waals surface area (Å²) in [7, 11) is 0. The number of nitrogens with zero attached hydrogens (tertiary/aromatic N) is 2. The Hall–Kier alpha value is 0.270. The lowest BCUT2D eigenvalue weighted by atomic mass is 9.91. The van der Waals surface area contributed by atoms with Gasteiger partial charge in [-0.05, 0) is 51.8 Å². The fourth-order valence-electron chi connectivity index (χ4n) is 4.35. The molecule has 3 rings (SSSR count). The molecule has 2 nitrogen and oxygen atoms in total. The molecule has 2 heterocycles. The molecule has 2 saturated heterocycles. The quantitative estimate of drug-likeness (QED) is 0.760. The molecule has 4 atom stereocenters. The zero-order valence-electron chi connectivity index (χ0n) is 12.0. The number of fused-ring (bicyclic) bond motifs is 1. The normalized spacial score (nSPS) is 43.0. The lowest BCUT2D eigenvalue weighted by Gasteiger charge is -2.48. The smallest absolute Gasteiger partial charge is 0.0224 e. The molecule has 3 fully saturated rings. The van der Waals surface area contributed by atoms with Crippen LogP contribution >= 0.6 is 11.8 Å². The van der Waals surface area contributed by atoms with Crippen LogP contribution in [0.25, 0.3) is 0 Å². The standard InChI is InChI=1S/C15H28N2S/c1-12-10-16-8-4-6-14(16)11-17(12)13-5-3-7-15(9-13)18-2/h12-15H,3-11H2,1-2H3. The van der Waals surface area contributed by atoms with Gasteiger partial charge in [0.25, 0.3) is 0 Å². The first kappa shape index (κ1) is 13.3. The summed E-state index contributed by atoms with van der Waals surface area (Å²) in [4.78, 5) is 5.62. The summed E-state index contributed by atoms with van der Waals surface area (Å²) in [6.07, 6.45) is 11.0. The molecule has 0 radical (unpaired) electrons. The van der Waals surface area contributed by atoms with Gasteiger partial charge < -0.3 is 0 Å². The molecule has 0 amide bonds. The highest BCUT2D eigenvalue weighted by atomic mass is 32.2. The molecule has 1 saturated carbocycles. The maximum absolute atomic E-state index is 2.87. The van der Waals surface area contributed by atoms with Crippen LogP contribution in [0.5, 0.6) is 0 Å². The van der Waals surface area contributed by atoms with Gasteiger partial charge in [-0.3, -0.25) is 9.80 Å². The Balaban J connectivity index is 1.63. The topological polar surface area (TPSA) is 6.48 Å². The number of hydrogen-bond donors (Lipinski definition) is 0. The third-order valence-electron chi connectivity index (χ3n) is 5.39. The van der Waals surface area contributed by atoms with Crippen molar-refractivity contribution in [1.82, 2.24) is 9.80 Å². The van der Waals surface area contributed by atoms with Gasteiger partial charge in [0.05, 0.1) is 0 Å². The third kappa shape index (κ3) is 2.59. The summed E-state index contributed by atoms with van der Waals surface area (Å²) in [5.74, 6) is 0. The molecule has 4 unspecified atom stereocenters. The Bertz CT molecular complexity index is 284. The van der Waals surface area contributed by atoms with Crippen molar-refractivity contribution in [1.29, 1.82) is 0 Å². The van der Waals surface area contributed by atoms with Gasteiger partial charge in [-0.1, -0.05) is 6.42 Å². The van der Waals surface area contributed by atoms with E-state index in [0.29, 0.717) is 0 Å². The average Bonchev–Trinajstić information content (AvgIpc) is 2.85. The van der Waals surface area contributed by atoms with Crippen LogP contribution < -0.4 is 0 Å². The van der Waals surface area contributed by atoms with Gasteiger partial charge in [0.2, 0.25) is 0 Å². The Kier molecular flexibility index (Phi) is 4.21. The van der Waals surface area contributed by atoms with Gasteiger partial charge in [-0.15, -0.1) is 0 Å². The Morgan fingerprint density at radius 3 is 2.67 bits per heavy atom. The summed E-state index contributed by atoms with van der Waals surface area (Å²) >= 11 is 2.10. The number of thioether (sulfide) groups is 1. The van der Waals surface area contributed by atoms with Crippen molar-refractivity contribution < 1.29 is 0 Å². The molecule has 0 aromatic rings. The van der Waals surface area contributed by atoms with Gasteiger partial charge in [0, 0.05) is 36.5 Å². The Labute approximate surface area is 116 Å². The zero-order chi connectivity index (χ0) is 12.5. The van der Waals surface area contributed by atoms with Crippen LogP contribution in [0.4, 0.5) is 0 Å². The highest BCUT2D eigenvalue weighted by Crippen LogP contribution is 2.34. The van der Waals surface area contributed by atoms with E-state index in [9.17, 15) is 0 Å². The molecule has 3 heteroatoms. The van der Waals surface area contributed by atoms with Crippen LogP contribution in [-0.4, -0.2) is 59.1 Å². The summed E-state index contributed by atoms with van der Waals surface area (Å²) in [5, 5.41) is 0.928. The SMILES string of the molecule is CSC1CCCC(N2CC3CCCN3CC2C)C1. The molecule has 1 aliphatic carbocycles. The second kappa shape index (κ2) is 5.72. The minimum absolute atomic E-state index is 0.782. The number of piperazine rings is 1. The maximum Gasteiger partial charge on any atom is 0.0224 e. The van der Waals surface area contributed by atoms with E-state index < -0.39 is 0 Å². The van der Waals surface area contributed by atoms with Crippen molar-refractivity contribution in [2.75, 3.05) is 25.9 Å². The molecule has 3 aliphatic rings. The molecule has 104 valence electrons. The first-order chi connectivity index (χ1) is 8.78. The molecule has 0 spiro atoms. The van der Waals surface area contributed by atoms with E-state index in [2.05, 4.69) is 34.7 Å². The van der Waals surface area contributed by atoms with Gasteiger partial charge in [-0.25, -0.2) is 0 Å². The van der Waals surface area contributed by atoms with E-state index in [4.69, 9.17) is 0 Å². The van der Waals surface area contributed by atoms with Crippen molar-refractivity contribution in [2.45, 2.75) is 68.8 Å². The van der Waals surface area contributed by atoms with E-state index >= 15 is 0 Å². The molecule has 0 aromatic heterocycles. The summed E-state index contributed by atoms with van der Waals surface area (Å²) in [6.45, 7) is 6.50. The third-order valence-corrected chi connectivity index (χ3v) is 6.48. The molecule has 0 bridgehead atoms. The van der Waals surface area contributed by atoms with Gasteiger partial charge >= 0.3 is 0 Å². The predicted molar refractivity (Wildman–Crippen MR) is 80.3 cm³/mol. The molecular formula is C15H28N2S. The van der Waals surface area contributed by atoms with Crippen molar-refractivity contribution >= 4 is 11.8 Å². The van der Waals surface area contributed by atoms with Crippen molar-refractivity contribution in [3.05, 3.63) is 0 Å². The van der Waals surface area contributed by atoms with Gasteiger partial charge in [0.1, 0.15) is 0 Å². The molecule has 0 aromatic carbocycles. The van der Waals surface area contributed by atoms with Gasteiger partial charge in [0.15, 0.2) is 0 Å². The van der Waals surface area contributed by atoms with Crippen LogP contribution in [0.3, 0.4) is 0 Å². The van der Waals surface area contributed by atoms with E-state index in [1.165, 1.54) is 58.2 Å². The molecule has 18 heavy (non-hydrogen) atoms. The molecular weight excluding hydrogens is 240 g/mol. The lowest BCUT2D eigenvalue weighted by molar-refractivity contribution is 0.0170. The minimum atomic E-state index is 0.782. The maximum atomic E-state index is 2.87. The number of rotatable bonds is 2. The Morgan fingerprint density at radius 2 is 1.83 bits per heavy atom. The second-order valence-corrected chi connectivity index (χ2v) is 7.65. The van der Waals surface area contributed by atoms with E-state index in [1.54, 1.807) is 0 Å². The van der Waals surface area contributed by atoms with E-state index in [1.807, 2.05) is 0 Å². The van der Waals surface area contributed by atoms with Crippen molar-refractivity contribution in [3.63, 3.8) is 0 Å². The largest absolute Gasteiger partial charge is 0.298 e. The predicted octanol–water partition coefficient (Wildman–Crippen LogP) is 2.83. The second-order valence-electron chi connectivity index (χ2n) is 6.51. The van der Waals surface area contributed by atoms with Crippen molar-refractivity contribution in [3.8, 4) is 0 Å². The van der Waals surface area contributed by atoms with Crippen LogP contribution in [-0.2, 0) is 0 Å². The first-order valence-corrected chi connectivity index (χ1v) is 9.09. The van der Waals surface area contributed by atoms with E-state index in [-0.39, 0.29) is 0 Å². The van der Waals surface area contributed by atoms with Crippen molar-refractivity contribution in [2.24, 2.45) is 0 Å². The average molecular weight is 268 g/mol. The first-order valence-electron chi connectivity index (χ1n) is 7.80.